The SMILES string of the molecule is CC(C)C(=O)C(NC1CCOCC1)C(C)C.O=CO. The zero-order valence-electron chi connectivity index (χ0n) is 12.4. The Hall–Kier alpha value is -0.940. The fraction of sp³-hybridized carbons (Fsp3) is 0.857. The van der Waals surface area contributed by atoms with Gasteiger partial charge in [-0.1, -0.05) is 27.7 Å². The van der Waals surface area contributed by atoms with E-state index in [4.69, 9.17) is 14.6 Å². The van der Waals surface area contributed by atoms with Crippen molar-refractivity contribution in [3.8, 4) is 0 Å². The number of nitrogens with one attached hydrogen (secondary N) is 1. The second-order valence-electron chi connectivity index (χ2n) is 5.44. The molecule has 0 aromatic carbocycles. The largest absolute Gasteiger partial charge is 0.483 e. The van der Waals surface area contributed by atoms with Gasteiger partial charge in [-0.05, 0) is 18.8 Å². The van der Waals surface area contributed by atoms with Gasteiger partial charge in [-0.25, -0.2) is 0 Å². The number of hydrogen-bond acceptors (Lipinski definition) is 4. The summed E-state index contributed by atoms with van der Waals surface area (Å²) in [6.45, 7) is 9.55. The average molecular weight is 273 g/mol. The van der Waals surface area contributed by atoms with Crippen LogP contribution in [0, 0.1) is 11.8 Å². The van der Waals surface area contributed by atoms with E-state index >= 15 is 0 Å². The second-order valence-corrected chi connectivity index (χ2v) is 5.44. The molecule has 2 N–H and O–H groups in total. The van der Waals surface area contributed by atoms with Crippen molar-refractivity contribution in [3.05, 3.63) is 0 Å². The monoisotopic (exact) mass is 273 g/mol. The maximum atomic E-state index is 12.1. The lowest BCUT2D eigenvalue weighted by atomic mass is 9.91. The van der Waals surface area contributed by atoms with Crippen molar-refractivity contribution in [1.82, 2.24) is 5.32 Å². The van der Waals surface area contributed by atoms with Crippen LogP contribution in [0.3, 0.4) is 0 Å². The Morgan fingerprint density at radius 1 is 1.26 bits per heavy atom. The molecule has 0 spiro atoms. The summed E-state index contributed by atoms with van der Waals surface area (Å²) in [7, 11) is 0. The predicted octanol–water partition coefficient (Wildman–Crippen LogP) is 1.71. The molecule has 1 aliphatic rings. The summed E-state index contributed by atoms with van der Waals surface area (Å²) in [4.78, 5) is 20.4. The van der Waals surface area contributed by atoms with Gasteiger partial charge in [0.1, 0.15) is 0 Å². The third-order valence-corrected chi connectivity index (χ3v) is 3.18. The van der Waals surface area contributed by atoms with Gasteiger partial charge in [0, 0.05) is 25.2 Å². The molecule has 0 aromatic rings. The molecule has 5 heteroatoms. The number of carbonyl (C=O) groups excluding carboxylic acids is 1. The number of hydrogen-bond donors (Lipinski definition) is 2. The zero-order chi connectivity index (χ0) is 14.8. The number of Topliss-reactive ketones (excluding diaryl/α,β-unsaturated/α-hetero) is 1. The van der Waals surface area contributed by atoms with E-state index < -0.39 is 0 Å². The number of ketones is 1. The molecule has 0 aliphatic carbocycles. The first kappa shape index (κ1) is 18.1. The van der Waals surface area contributed by atoms with Crippen molar-refractivity contribution in [2.24, 2.45) is 11.8 Å². The topological polar surface area (TPSA) is 75.6 Å². The minimum Gasteiger partial charge on any atom is -0.483 e. The first-order chi connectivity index (χ1) is 8.93. The summed E-state index contributed by atoms with van der Waals surface area (Å²) >= 11 is 0. The van der Waals surface area contributed by atoms with Crippen LogP contribution < -0.4 is 5.32 Å². The minimum atomic E-state index is -0.250. The molecule has 0 amide bonds. The molecule has 1 heterocycles. The van der Waals surface area contributed by atoms with Gasteiger partial charge in [0.15, 0.2) is 5.78 Å². The summed E-state index contributed by atoms with van der Waals surface area (Å²) < 4.78 is 5.32. The Bertz CT molecular complexity index is 260. The molecule has 112 valence electrons. The van der Waals surface area contributed by atoms with Crippen LogP contribution in [0.1, 0.15) is 40.5 Å². The van der Waals surface area contributed by atoms with Crippen molar-refractivity contribution >= 4 is 12.3 Å². The fourth-order valence-electron chi connectivity index (χ4n) is 2.08. The highest BCUT2D eigenvalue weighted by atomic mass is 16.5. The zero-order valence-corrected chi connectivity index (χ0v) is 12.4. The lowest BCUT2D eigenvalue weighted by molar-refractivity contribution is -0.125. The van der Waals surface area contributed by atoms with Gasteiger partial charge in [-0.2, -0.15) is 0 Å². The molecule has 1 saturated heterocycles. The Balaban J connectivity index is 0.000000982. The van der Waals surface area contributed by atoms with E-state index in [0.717, 1.165) is 26.1 Å². The Labute approximate surface area is 115 Å². The molecule has 0 radical (unpaired) electrons. The van der Waals surface area contributed by atoms with E-state index in [1.54, 1.807) is 0 Å². The molecule has 1 rings (SSSR count). The van der Waals surface area contributed by atoms with Crippen LogP contribution in [0.15, 0.2) is 0 Å². The maximum absolute atomic E-state index is 12.1. The number of carboxylic acid groups (broad SMARTS) is 1. The van der Waals surface area contributed by atoms with Crippen LogP contribution in [0.25, 0.3) is 0 Å². The van der Waals surface area contributed by atoms with Crippen molar-refractivity contribution in [2.45, 2.75) is 52.6 Å². The molecule has 1 atom stereocenters. The van der Waals surface area contributed by atoms with Crippen LogP contribution >= 0.6 is 0 Å². The lowest BCUT2D eigenvalue weighted by Crippen LogP contribution is -2.49. The normalized spacial score (nSPS) is 17.8. The molecule has 1 aliphatic heterocycles. The van der Waals surface area contributed by atoms with Crippen LogP contribution in [-0.4, -0.2) is 42.7 Å². The summed E-state index contributed by atoms with van der Waals surface area (Å²) in [6, 6.07) is 0.451. The Morgan fingerprint density at radius 3 is 2.11 bits per heavy atom. The minimum absolute atomic E-state index is 0.00287. The molecule has 0 saturated carbocycles. The van der Waals surface area contributed by atoms with E-state index in [1.807, 2.05) is 13.8 Å². The molecule has 1 unspecified atom stereocenters. The average Bonchev–Trinajstić information content (AvgIpc) is 2.37. The summed E-state index contributed by atoms with van der Waals surface area (Å²) in [5.74, 6) is 0.805. The van der Waals surface area contributed by atoms with Crippen molar-refractivity contribution in [3.63, 3.8) is 0 Å². The molecular weight excluding hydrogens is 246 g/mol. The smallest absolute Gasteiger partial charge is 0.290 e. The van der Waals surface area contributed by atoms with Gasteiger partial charge in [0.2, 0.25) is 0 Å². The molecule has 19 heavy (non-hydrogen) atoms. The van der Waals surface area contributed by atoms with Crippen molar-refractivity contribution < 1.29 is 19.4 Å². The highest BCUT2D eigenvalue weighted by Gasteiger charge is 2.27. The first-order valence-corrected chi connectivity index (χ1v) is 6.89. The van der Waals surface area contributed by atoms with Crippen LogP contribution in [0.5, 0.6) is 0 Å². The second kappa shape index (κ2) is 9.92. The number of carbonyl (C=O) groups is 2. The maximum Gasteiger partial charge on any atom is 0.290 e. The Morgan fingerprint density at radius 2 is 1.74 bits per heavy atom. The molecule has 0 aromatic heterocycles. The van der Waals surface area contributed by atoms with E-state index in [-0.39, 0.29) is 18.4 Å². The lowest BCUT2D eigenvalue weighted by Gasteiger charge is -2.30. The number of rotatable bonds is 5. The third kappa shape index (κ3) is 7.28. The van der Waals surface area contributed by atoms with Crippen molar-refractivity contribution in [1.29, 1.82) is 0 Å². The molecule has 0 bridgehead atoms. The van der Waals surface area contributed by atoms with E-state index in [1.165, 1.54) is 0 Å². The summed E-state index contributed by atoms with van der Waals surface area (Å²) in [5.41, 5.74) is 0. The first-order valence-electron chi connectivity index (χ1n) is 6.89. The summed E-state index contributed by atoms with van der Waals surface area (Å²) in [6.07, 6.45) is 2.04. The van der Waals surface area contributed by atoms with Gasteiger partial charge in [0.05, 0.1) is 6.04 Å². The van der Waals surface area contributed by atoms with E-state index in [9.17, 15) is 4.79 Å². The van der Waals surface area contributed by atoms with Crippen molar-refractivity contribution in [2.75, 3.05) is 13.2 Å². The third-order valence-electron chi connectivity index (χ3n) is 3.18. The van der Waals surface area contributed by atoms with Crippen LogP contribution in [-0.2, 0) is 14.3 Å². The standard InChI is InChI=1S/C13H25NO2.CH2O2/c1-9(2)12(13(15)10(3)4)14-11-5-7-16-8-6-11;2-1-3/h9-12,14H,5-8H2,1-4H3;1H,(H,2,3). The van der Waals surface area contributed by atoms with Gasteiger partial charge in [0.25, 0.3) is 6.47 Å². The molecule has 1 fully saturated rings. The van der Waals surface area contributed by atoms with Gasteiger partial charge < -0.3 is 15.2 Å². The highest BCUT2D eigenvalue weighted by Crippen LogP contribution is 2.14. The molecular formula is C14H27NO4. The number of ether oxygens (including phenoxy) is 1. The highest BCUT2D eigenvalue weighted by molar-refractivity contribution is 5.86. The van der Waals surface area contributed by atoms with Crippen LogP contribution in [0.4, 0.5) is 0 Å². The Kier molecular flexibility index (Phi) is 9.43. The van der Waals surface area contributed by atoms with Crippen LogP contribution in [0.2, 0.25) is 0 Å². The predicted molar refractivity (Wildman–Crippen MR) is 74.1 cm³/mol. The van der Waals surface area contributed by atoms with Gasteiger partial charge in [-0.15, -0.1) is 0 Å². The van der Waals surface area contributed by atoms with E-state index in [2.05, 4.69) is 19.2 Å². The van der Waals surface area contributed by atoms with Gasteiger partial charge in [-0.3, -0.25) is 9.59 Å². The molecule has 5 nitrogen and oxygen atoms in total. The fourth-order valence-corrected chi connectivity index (χ4v) is 2.08. The summed E-state index contributed by atoms with van der Waals surface area (Å²) in [5, 5.41) is 10.4. The quantitative estimate of drug-likeness (QED) is 0.746. The van der Waals surface area contributed by atoms with Gasteiger partial charge >= 0.3 is 0 Å². The van der Waals surface area contributed by atoms with E-state index in [0.29, 0.717) is 17.7 Å².